The normalized spacial score (nSPS) is 11.3. The molecule has 0 unspecified atom stereocenters. The minimum Gasteiger partial charge on any atom is -0.495 e. The molecular weight excluding hydrogens is 410 g/mol. The smallest absolute Gasteiger partial charge is 0.271 e. The molecule has 0 atom stereocenters. The van der Waals surface area contributed by atoms with Crippen molar-refractivity contribution in [3.8, 4) is 5.75 Å². The van der Waals surface area contributed by atoms with E-state index in [2.05, 4.69) is 5.32 Å². The summed E-state index contributed by atoms with van der Waals surface area (Å²) in [6.45, 7) is -0.603. The van der Waals surface area contributed by atoms with Crippen LogP contribution in [-0.4, -0.2) is 43.5 Å². The van der Waals surface area contributed by atoms with Gasteiger partial charge in [0.15, 0.2) is 0 Å². The zero-order valence-electron chi connectivity index (χ0n) is 15.1. The van der Waals surface area contributed by atoms with E-state index in [4.69, 9.17) is 16.3 Å². The summed E-state index contributed by atoms with van der Waals surface area (Å²) in [7, 11) is -2.39. The van der Waals surface area contributed by atoms with Crippen LogP contribution in [0.15, 0.2) is 42.5 Å². The van der Waals surface area contributed by atoms with Gasteiger partial charge in [-0.1, -0.05) is 29.8 Å². The number of hydrogen-bond donors (Lipinski definition) is 1. The van der Waals surface area contributed by atoms with E-state index in [0.29, 0.717) is 10.6 Å². The Balaban J connectivity index is 2.22. The van der Waals surface area contributed by atoms with Crippen LogP contribution in [0.4, 0.5) is 11.4 Å². The van der Waals surface area contributed by atoms with E-state index >= 15 is 0 Å². The van der Waals surface area contributed by atoms with Crippen LogP contribution >= 0.6 is 11.6 Å². The molecule has 0 saturated carbocycles. The minimum absolute atomic E-state index is 0.0629. The minimum atomic E-state index is -3.73. The van der Waals surface area contributed by atoms with Crippen molar-refractivity contribution in [2.75, 3.05) is 25.2 Å². The number of non-ortho nitro benzene ring substituents is 1. The Morgan fingerprint density at radius 2 is 1.96 bits per heavy atom. The van der Waals surface area contributed by atoms with Crippen molar-refractivity contribution in [3.05, 3.63) is 63.2 Å². The molecule has 1 amide bonds. The van der Waals surface area contributed by atoms with Crippen LogP contribution in [0.3, 0.4) is 0 Å². The second-order valence-corrected chi connectivity index (χ2v) is 8.20. The number of methoxy groups -OCH3 is 1. The molecule has 0 heterocycles. The third kappa shape index (κ3) is 5.65. The predicted octanol–water partition coefficient (Wildman–Crippen LogP) is 2.66. The van der Waals surface area contributed by atoms with Crippen LogP contribution < -0.4 is 10.1 Å². The maximum atomic E-state index is 12.4. The molecule has 0 fully saturated rings. The first kappa shape index (κ1) is 21.6. The Bertz CT molecular complexity index is 996. The number of sulfonamides is 1. The SMILES string of the molecule is COc1ccc([N+](=O)[O-])cc1NC(=O)CN(Cc1ccccc1Cl)S(C)(=O)=O. The monoisotopic (exact) mass is 427 g/mol. The average Bonchev–Trinajstić information content (AvgIpc) is 2.62. The van der Waals surface area contributed by atoms with Crippen molar-refractivity contribution in [1.29, 1.82) is 0 Å². The second-order valence-electron chi connectivity index (χ2n) is 5.81. The topological polar surface area (TPSA) is 119 Å². The summed E-state index contributed by atoms with van der Waals surface area (Å²) in [5, 5.41) is 13.8. The number of hydrogen-bond acceptors (Lipinski definition) is 6. The number of carbonyl (C=O) groups is 1. The fourth-order valence-electron chi connectivity index (χ4n) is 2.36. The van der Waals surface area contributed by atoms with E-state index in [1.807, 2.05) is 0 Å². The van der Waals surface area contributed by atoms with E-state index in [9.17, 15) is 23.3 Å². The molecule has 0 saturated heterocycles. The van der Waals surface area contributed by atoms with Crippen molar-refractivity contribution < 1.29 is 22.9 Å². The summed E-state index contributed by atoms with van der Waals surface area (Å²) in [6, 6.07) is 10.4. The van der Waals surface area contributed by atoms with Gasteiger partial charge in [-0.3, -0.25) is 14.9 Å². The van der Waals surface area contributed by atoms with Gasteiger partial charge in [0.1, 0.15) is 5.75 Å². The molecule has 1 N–H and O–H groups in total. The highest BCUT2D eigenvalue weighted by Gasteiger charge is 2.22. The van der Waals surface area contributed by atoms with Gasteiger partial charge < -0.3 is 10.1 Å². The molecule has 9 nitrogen and oxygen atoms in total. The fraction of sp³-hybridized carbons (Fsp3) is 0.235. The summed E-state index contributed by atoms with van der Waals surface area (Å²) in [4.78, 5) is 22.7. The van der Waals surface area contributed by atoms with Crippen LogP contribution in [0.1, 0.15) is 5.56 Å². The van der Waals surface area contributed by atoms with E-state index in [0.717, 1.165) is 16.6 Å². The molecule has 0 aromatic heterocycles. The Labute approximate surface area is 167 Å². The van der Waals surface area contributed by atoms with Crippen molar-refractivity contribution >= 4 is 38.9 Å². The molecule has 0 spiro atoms. The number of ether oxygens (including phenoxy) is 1. The third-order valence-electron chi connectivity index (χ3n) is 3.76. The van der Waals surface area contributed by atoms with Gasteiger partial charge in [0.2, 0.25) is 15.9 Å². The molecule has 150 valence electrons. The van der Waals surface area contributed by atoms with Crippen molar-refractivity contribution in [2.45, 2.75) is 6.54 Å². The van der Waals surface area contributed by atoms with Crippen molar-refractivity contribution in [2.24, 2.45) is 0 Å². The van der Waals surface area contributed by atoms with Gasteiger partial charge in [-0.15, -0.1) is 0 Å². The quantitative estimate of drug-likeness (QED) is 0.511. The first-order valence-corrected chi connectivity index (χ1v) is 10.1. The van der Waals surface area contributed by atoms with Crippen LogP contribution in [0.2, 0.25) is 5.02 Å². The maximum absolute atomic E-state index is 12.4. The highest BCUT2D eigenvalue weighted by molar-refractivity contribution is 7.88. The lowest BCUT2D eigenvalue weighted by molar-refractivity contribution is -0.384. The third-order valence-corrected chi connectivity index (χ3v) is 5.33. The molecule has 0 radical (unpaired) electrons. The Morgan fingerprint density at radius 1 is 1.29 bits per heavy atom. The van der Waals surface area contributed by atoms with E-state index in [1.165, 1.54) is 19.2 Å². The average molecular weight is 428 g/mol. The molecule has 0 aliphatic heterocycles. The molecule has 0 aliphatic carbocycles. The van der Waals surface area contributed by atoms with Gasteiger partial charge in [0.25, 0.3) is 5.69 Å². The number of nitro benzene ring substituents is 1. The lowest BCUT2D eigenvalue weighted by Crippen LogP contribution is -2.37. The van der Waals surface area contributed by atoms with Crippen LogP contribution in [0.25, 0.3) is 0 Å². The predicted molar refractivity (Wildman–Crippen MR) is 105 cm³/mol. The van der Waals surface area contributed by atoms with Crippen LogP contribution in [0.5, 0.6) is 5.75 Å². The number of anilines is 1. The summed E-state index contributed by atoms with van der Waals surface area (Å²) < 4.78 is 30.2. The summed E-state index contributed by atoms with van der Waals surface area (Å²) in [6.07, 6.45) is 0.977. The summed E-state index contributed by atoms with van der Waals surface area (Å²) >= 11 is 6.07. The number of carbonyl (C=O) groups excluding carboxylic acids is 1. The highest BCUT2D eigenvalue weighted by Crippen LogP contribution is 2.29. The number of amides is 1. The Morgan fingerprint density at radius 3 is 2.54 bits per heavy atom. The zero-order chi connectivity index (χ0) is 20.9. The number of nitrogens with one attached hydrogen (secondary N) is 1. The van der Waals surface area contributed by atoms with E-state index in [-0.39, 0.29) is 23.7 Å². The van der Waals surface area contributed by atoms with Gasteiger partial charge in [0, 0.05) is 23.7 Å². The Kier molecular flexibility index (Phi) is 6.95. The maximum Gasteiger partial charge on any atom is 0.271 e. The fourth-order valence-corrected chi connectivity index (χ4v) is 3.29. The van der Waals surface area contributed by atoms with E-state index in [1.54, 1.807) is 24.3 Å². The van der Waals surface area contributed by atoms with Gasteiger partial charge in [-0.25, -0.2) is 8.42 Å². The molecule has 2 aromatic rings. The molecule has 2 rings (SSSR count). The van der Waals surface area contributed by atoms with Crippen LogP contribution in [0, 0.1) is 10.1 Å². The van der Waals surface area contributed by atoms with Crippen LogP contribution in [-0.2, 0) is 21.4 Å². The van der Waals surface area contributed by atoms with E-state index < -0.39 is 27.4 Å². The number of nitrogens with zero attached hydrogens (tertiary/aromatic N) is 2. The van der Waals surface area contributed by atoms with Gasteiger partial charge in [0.05, 0.1) is 30.5 Å². The highest BCUT2D eigenvalue weighted by atomic mass is 35.5. The summed E-state index contributed by atoms with van der Waals surface area (Å²) in [5.41, 5.74) is 0.357. The molecule has 0 aliphatic rings. The molecule has 0 bridgehead atoms. The lowest BCUT2D eigenvalue weighted by Gasteiger charge is -2.20. The number of benzene rings is 2. The number of nitro groups is 1. The molecular formula is C17H18ClN3O6S. The lowest BCUT2D eigenvalue weighted by atomic mass is 10.2. The molecule has 2 aromatic carbocycles. The van der Waals surface area contributed by atoms with Gasteiger partial charge in [-0.05, 0) is 17.7 Å². The first-order valence-electron chi connectivity index (χ1n) is 7.92. The number of rotatable bonds is 8. The van der Waals surface area contributed by atoms with Gasteiger partial charge >= 0.3 is 0 Å². The van der Waals surface area contributed by atoms with Gasteiger partial charge in [-0.2, -0.15) is 4.31 Å². The molecule has 28 heavy (non-hydrogen) atoms. The largest absolute Gasteiger partial charge is 0.495 e. The standard InChI is InChI=1S/C17H18ClN3O6S/c1-27-16-8-7-13(21(23)24)9-15(16)19-17(22)11-20(28(2,25)26)10-12-5-3-4-6-14(12)18/h3-9H,10-11H2,1-2H3,(H,19,22). The second kappa shape index (κ2) is 9.00. The Hall–Kier alpha value is -2.69. The van der Waals surface area contributed by atoms with Crippen molar-refractivity contribution in [1.82, 2.24) is 4.31 Å². The van der Waals surface area contributed by atoms with Crippen molar-refractivity contribution in [3.63, 3.8) is 0 Å². The zero-order valence-corrected chi connectivity index (χ0v) is 16.7. The summed E-state index contributed by atoms with van der Waals surface area (Å²) in [5.74, 6) is -0.479. The molecule has 11 heteroatoms. The number of halogens is 1. The first-order chi connectivity index (χ1) is 13.1.